The Bertz CT molecular complexity index is 608. The van der Waals surface area contributed by atoms with E-state index in [1.165, 1.54) is 0 Å². The van der Waals surface area contributed by atoms with Gasteiger partial charge in [0.2, 0.25) is 0 Å². The number of nitrogens with zero attached hydrogens (tertiary/aromatic N) is 2. The number of carbonyl (C=O) groups excluding carboxylic acids is 1. The van der Waals surface area contributed by atoms with Crippen molar-refractivity contribution in [1.29, 1.82) is 0 Å². The minimum atomic E-state index is -0.520. The predicted octanol–water partition coefficient (Wildman–Crippen LogP) is 1.82. The summed E-state index contributed by atoms with van der Waals surface area (Å²) < 4.78 is 0. The molecule has 3 N–H and O–H groups in total. The van der Waals surface area contributed by atoms with Crippen LogP contribution in [0.4, 0.5) is 5.69 Å². The fraction of sp³-hybridized carbons (Fsp3) is 0.214. The molecule has 5 nitrogen and oxygen atoms in total. The quantitative estimate of drug-likeness (QED) is 0.872. The van der Waals surface area contributed by atoms with Gasteiger partial charge in [-0.1, -0.05) is 6.07 Å². The van der Waals surface area contributed by atoms with Gasteiger partial charge in [0.25, 0.3) is 5.91 Å². The molecule has 2 heterocycles. The first-order valence-corrected chi connectivity index (χ1v) is 6.21. The summed E-state index contributed by atoms with van der Waals surface area (Å²) in [5.74, 6) is -0.520. The van der Waals surface area contributed by atoms with Crippen molar-refractivity contribution in [3.05, 3.63) is 42.5 Å². The molecule has 0 bridgehead atoms. The molecule has 1 aliphatic rings. The highest BCUT2D eigenvalue weighted by atomic mass is 16.1. The van der Waals surface area contributed by atoms with Gasteiger partial charge in [0.15, 0.2) is 5.69 Å². The summed E-state index contributed by atoms with van der Waals surface area (Å²) in [7, 11) is 0. The smallest absolute Gasteiger partial charge is 0.269 e. The number of nitrogens with one attached hydrogen (secondary N) is 1. The van der Waals surface area contributed by atoms with Crippen LogP contribution in [0.5, 0.6) is 0 Å². The van der Waals surface area contributed by atoms with Crippen molar-refractivity contribution in [3.63, 3.8) is 0 Å². The van der Waals surface area contributed by atoms with Gasteiger partial charge in [-0.3, -0.25) is 9.78 Å². The average molecular weight is 254 g/mol. The van der Waals surface area contributed by atoms with Crippen molar-refractivity contribution < 1.29 is 4.79 Å². The lowest BCUT2D eigenvalue weighted by atomic mass is 10.0. The molecule has 1 saturated carbocycles. The molecule has 1 amide bonds. The Kier molecular flexibility index (Phi) is 2.87. The van der Waals surface area contributed by atoms with Crippen LogP contribution in [0.25, 0.3) is 11.1 Å². The Morgan fingerprint density at radius 3 is 2.79 bits per heavy atom. The van der Waals surface area contributed by atoms with Gasteiger partial charge >= 0.3 is 0 Å². The van der Waals surface area contributed by atoms with E-state index in [1.54, 1.807) is 18.6 Å². The SMILES string of the molecule is NC(=O)c1nccc(-c2cccnc2)c1NC1CC1. The zero-order valence-electron chi connectivity index (χ0n) is 10.3. The number of amides is 1. The van der Waals surface area contributed by atoms with Crippen molar-refractivity contribution in [2.45, 2.75) is 18.9 Å². The monoisotopic (exact) mass is 254 g/mol. The second-order valence-electron chi connectivity index (χ2n) is 4.61. The number of primary amides is 1. The molecule has 2 aromatic heterocycles. The summed E-state index contributed by atoms with van der Waals surface area (Å²) in [5.41, 5.74) is 8.25. The highest BCUT2D eigenvalue weighted by Gasteiger charge is 2.25. The van der Waals surface area contributed by atoms with E-state index >= 15 is 0 Å². The number of aromatic nitrogens is 2. The van der Waals surface area contributed by atoms with Crippen molar-refractivity contribution >= 4 is 11.6 Å². The third-order valence-corrected chi connectivity index (χ3v) is 3.08. The maximum atomic E-state index is 11.5. The molecule has 19 heavy (non-hydrogen) atoms. The molecule has 0 unspecified atom stereocenters. The van der Waals surface area contributed by atoms with Gasteiger partial charge in [-0.2, -0.15) is 0 Å². The zero-order valence-corrected chi connectivity index (χ0v) is 10.3. The predicted molar refractivity (Wildman–Crippen MR) is 72.6 cm³/mol. The van der Waals surface area contributed by atoms with E-state index in [-0.39, 0.29) is 5.69 Å². The maximum absolute atomic E-state index is 11.5. The van der Waals surface area contributed by atoms with Crippen molar-refractivity contribution in [2.24, 2.45) is 5.73 Å². The minimum Gasteiger partial charge on any atom is -0.380 e. The molecule has 2 aromatic rings. The van der Waals surface area contributed by atoms with Crippen LogP contribution in [0.1, 0.15) is 23.3 Å². The van der Waals surface area contributed by atoms with Crippen LogP contribution >= 0.6 is 0 Å². The van der Waals surface area contributed by atoms with Gasteiger partial charge in [-0.25, -0.2) is 4.98 Å². The highest BCUT2D eigenvalue weighted by molar-refractivity contribution is 6.00. The first kappa shape index (κ1) is 11.6. The molecule has 3 rings (SSSR count). The Morgan fingerprint density at radius 1 is 1.32 bits per heavy atom. The van der Waals surface area contributed by atoms with Gasteiger partial charge in [0.05, 0.1) is 5.69 Å². The van der Waals surface area contributed by atoms with Crippen molar-refractivity contribution in [3.8, 4) is 11.1 Å². The van der Waals surface area contributed by atoms with E-state index in [4.69, 9.17) is 5.73 Å². The van der Waals surface area contributed by atoms with Crippen LogP contribution < -0.4 is 11.1 Å². The number of pyridine rings is 2. The summed E-state index contributed by atoms with van der Waals surface area (Å²) in [6, 6.07) is 6.10. The summed E-state index contributed by atoms with van der Waals surface area (Å²) in [6.45, 7) is 0. The molecule has 0 atom stereocenters. The van der Waals surface area contributed by atoms with Crippen LogP contribution in [-0.2, 0) is 0 Å². The topological polar surface area (TPSA) is 80.9 Å². The Morgan fingerprint density at radius 2 is 2.16 bits per heavy atom. The van der Waals surface area contributed by atoms with Crippen LogP contribution in [0.3, 0.4) is 0 Å². The van der Waals surface area contributed by atoms with E-state index in [1.807, 2.05) is 18.2 Å². The molecule has 0 aromatic carbocycles. The molecular formula is C14H14N4O. The summed E-state index contributed by atoms with van der Waals surface area (Å²) in [5, 5.41) is 3.34. The van der Waals surface area contributed by atoms with Crippen LogP contribution in [0.2, 0.25) is 0 Å². The van der Waals surface area contributed by atoms with Crippen LogP contribution in [0.15, 0.2) is 36.8 Å². The Labute approximate surface area is 110 Å². The van der Waals surface area contributed by atoms with Gasteiger partial charge in [0, 0.05) is 35.8 Å². The average Bonchev–Trinajstić information content (AvgIpc) is 3.24. The molecule has 0 aliphatic heterocycles. The van der Waals surface area contributed by atoms with E-state index in [9.17, 15) is 4.79 Å². The number of rotatable bonds is 4. The molecule has 0 saturated heterocycles. The fourth-order valence-corrected chi connectivity index (χ4v) is 1.99. The first-order valence-electron chi connectivity index (χ1n) is 6.21. The van der Waals surface area contributed by atoms with E-state index in [0.29, 0.717) is 11.7 Å². The van der Waals surface area contributed by atoms with Crippen LogP contribution in [-0.4, -0.2) is 21.9 Å². The number of nitrogens with two attached hydrogens (primary N) is 1. The largest absolute Gasteiger partial charge is 0.380 e. The summed E-state index contributed by atoms with van der Waals surface area (Å²) >= 11 is 0. The van der Waals surface area contributed by atoms with Gasteiger partial charge in [-0.15, -0.1) is 0 Å². The fourth-order valence-electron chi connectivity index (χ4n) is 1.99. The van der Waals surface area contributed by atoms with E-state index in [0.717, 1.165) is 24.0 Å². The number of carbonyl (C=O) groups is 1. The lowest BCUT2D eigenvalue weighted by Crippen LogP contribution is -2.17. The number of hydrogen-bond acceptors (Lipinski definition) is 4. The lowest BCUT2D eigenvalue weighted by Gasteiger charge is -2.13. The third kappa shape index (κ3) is 2.40. The number of hydrogen-bond donors (Lipinski definition) is 2. The standard InChI is InChI=1S/C14H14N4O/c15-14(19)13-12(18-10-3-4-10)11(5-7-17-13)9-2-1-6-16-8-9/h1-2,5-8,10,18H,3-4H2,(H2,15,19). The van der Waals surface area contributed by atoms with Gasteiger partial charge in [0.1, 0.15) is 0 Å². The first-order chi connectivity index (χ1) is 9.25. The molecule has 0 spiro atoms. The summed E-state index contributed by atoms with van der Waals surface area (Å²) in [6.07, 6.45) is 7.30. The molecule has 1 fully saturated rings. The third-order valence-electron chi connectivity index (χ3n) is 3.08. The van der Waals surface area contributed by atoms with Gasteiger partial charge in [-0.05, 0) is 25.0 Å². The Hall–Kier alpha value is -2.43. The molecule has 0 radical (unpaired) electrons. The van der Waals surface area contributed by atoms with Crippen molar-refractivity contribution in [1.82, 2.24) is 9.97 Å². The van der Waals surface area contributed by atoms with Crippen LogP contribution in [0, 0.1) is 0 Å². The highest BCUT2D eigenvalue weighted by Crippen LogP contribution is 2.33. The van der Waals surface area contributed by atoms with Crippen molar-refractivity contribution in [2.75, 3.05) is 5.32 Å². The zero-order chi connectivity index (χ0) is 13.2. The van der Waals surface area contributed by atoms with E-state index < -0.39 is 5.91 Å². The second kappa shape index (κ2) is 4.68. The molecule has 1 aliphatic carbocycles. The molecule has 96 valence electrons. The van der Waals surface area contributed by atoms with E-state index in [2.05, 4.69) is 15.3 Å². The Balaban J connectivity index is 2.12. The molecular weight excluding hydrogens is 240 g/mol. The van der Waals surface area contributed by atoms with Gasteiger partial charge < -0.3 is 11.1 Å². The maximum Gasteiger partial charge on any atom is 0.269 e. The molecule has 5 heteroatoms. The lowest BCUT2D eigenvalue weighted by molar-refractivity contribution is 0.0996. The number of anilines is 1. The summed E-state index contributed by atoms with van der Waals surface area (Å²) in [4.78, 5) is 19.7. The second-order valence-corrected chi connectivity index (χ2v) is 4.61. The minimum absolute atomic E-state index is 0.285. The normalized spacial score (nSPS) is 14.1.